The molecule has 0 aromatic carbocycles. The van der Waals surface area contributed by atoms with E-state index >= 15 is 0 Å². The van der Waals surface area contributed by atoms with Gasteiger partial charge in [0, 0.05) is 12.6 Å². The van der Waals surface area contributed by atoms with Gasteiger partial charge in [-0.2, -0.15) is 5.26 Å². The first-order chi connectivity index (χ1) is 3.41. The quantitative estimate of drug-likeness (QED) is 0.501. The van der Waals surface area contributed by atoms with Crippen molar-refractivity contribution in [2.75, 3.05) is 13.6 Å². The predicted octanol–water partition coefficient (Wildman–Crippen LogP) is 0.286. The molecule has 0 unspecified atom stereocenters. The van der Waals surface area contributed by atoms with Gasteiger partial charge in [0.1, 0.15) is 0 Å². The molecular formula is C5H8N2. The van der Waals surface area contributed by atoms with Crippen LogP contribution in [0, 0.1) is 11.3 Å². The Bertz CT molecular complexity index is 88.7. The van der Waals surface area contributed by atoms with Crippen molar-refractivity contribution >= 4 is 0 Å². The van der Waals surface area contributed by atoms with Crippen molar-refractivity contribution in [1.29, 1.82) is 5.26 Å². The molecule has 0 bridgehead atoms. The Morgan fingerprint density at radius 1 is 1.86 bits per heavy atom. The molecule has 0 rings (SSSR count). The Balaban J connectivity index is 2.97. The molecule has 0 aliphatic heterocycles. The first kappa shape index (κ1) is 6.19. The summed E-state index contributed by atoms with van der Waals surface area (Å²) in [6.45, 7) is 0.771. The number of nitriles is 1. The van der Waals surface area contributed by atoms with E-state index in [0.29, 0.717) is 0 Å². The van der Waals surface area contributed by atoms with E-state index in [1.165, 1.54) is 6.08 Å². The highest BCUT2D eigenvalue weighted by Gasteiger charge is 1.64. The first-order valence-electron chi connectivity index (χ1n) is 2.11. The predicted molar refractivity (Wildman–Crippen MR) is 28.7 cm³/mol. The number of nitrogens with zero attached hydrogens (tertiary/aromatic N) is 1. The molecule has 1 N–H and O–H groups in total. The molecule has 0 fully saturated rings. The van der Waals surface area contributed by atoms with E-state index in [-0.39, 0.29) is 0 Å². The molecule has 0 aliphatic rings. The van der Waals surface area contributed by atoms with E-state index in [1.54, 1.807) is 6.08 Å². The van der Waals surface area contributed by atoms with Crippen molar-refractivity contribution in [1.82, 2.24) is 5.32 Å². The summed E-state index contributed by atoms with van der Waals surface area (Å²) in [6, 6.07) is 1.88. The van der Waals surface area contributed by atoms with Gasteiger partial charge < -0.3 is 5.32 Å². The molecule has 0 saturated carbocycles. The van der Waals surface area contributed by atoms with E-state index in [0.717, 1.165) is 6.54 Å². The molecule has 0 radical (unpaired) electrons. The van der Waals surface area contributed by atoms with Crippen molar-refractivity contribution < 1.29 is 0 Å². The molecule has 38 valence electrons. The van der Waals surface area contributed by atoms with Gasteiger partial charge in [0.15, 0.2) is 0 Å². The summed E-state index contributed by atoms with van der Waals surface area (Å²) < 4.78 is 0. The summed E-state index contributed by atoms with van der Waals surface area (Å²) in [5.74, 6) is 0. The fourth-order valence-corrected chi connectivity index (χ4v) is 0.229. The zero-order valence-corrected chi connectivity index (χ0v) is 4.31. The van der Waals surface area contributed by atoms with E-state index in [4.69, 9.17) is 5.26 Å². The molecule has 0 aromatic heterocycles. The third kappa shape index (κ3) is 5.19. The topological polar surface area (TPSA) is 35.8 Å². The number of likely N-dealkylation sites (N-methyl/N-ethyl adjacent to an activating group) is 1. The standard InChI is InChI=1S/C5H8N2/c1-7-5-3-2-4-6/h2-3,7H,5H2,1H3/b3-2+. The van der Waals surface area contributed by atoms with Gasteiger partial charge in [-0.1, -0.05) is 6.08 Å². The van der Waals surface area contributed by atoms with Gasteiger partial charge in [-0.3, -0.25) is 0 Å². The second-order valence-corrected chi connectivity index (χ2v) is 1.09. The van der Waals surface area contributed by atoms with Gasteiger partial charge in [0.25, 0.3) is 0 Å². The molecule has 0 atom stereocenters. The van der Waals surface area contributed by atoms with E-state index in [1.807, 2.05) is 13.1 Å². The molecule has 2 heteroatoms. The lowest BCUT2D eigenvalue weighted by Crippen LogP contribution is -2.03. The minimum Gasteiger partial charge on any atom is -0.316 e. The highest BCUT2D eigenvalue weighted by atomic mass is 14.8. The Hall–Kier alpha value is -0.810. The molecule has 0 amide bonds. The maximum Gasteiger partial charge on any atom is 0.0909 e. The van der Waals surface area contributed by atoms with Gasteiger partial charge in [-0.15, -0.1) is 0 Å². The Morgan fingerprint density at radius 3 is 3.00 bits per heavy atom. The number of allylic oxidation sites excluding steroid dienone is 1. The summed E-state index contributed by atoms with van der Waals surface area (Å²) >= 11 is 0. The first-order valence-corrected chi connectivity index (χ1v) is 2.11. The zero-order valence-electron chi connectivity index (χ0n) is 4.31. The molecule has 0 aliphatic carbocycles. The Morgan fingerprint density at radius 2 is 2.57 bits per heavy atom. The SMILES string of the molecule is CNC/C=C/C#N. The molecule has 0 spiro atoms. The van der Waals surface area contributed by atoms with Crippen LogP contribution in [-0.2, 0) is 0 Å². The zero-order chi connectivity index (χ0) is 5.54. The van der Waals surface area contributed by atoms with Crippen LogP contribution in [0.15, 0.2) is 12.2 Å². The third-order valence-electron chi connectivity index (χ3n) is 0.514. The maximum atomic E-state index is 7.93. The van der Waals surface area contributed by atoms with Crippen LogP contribution in [0.4, 0.5) is 0 Å². The summed E-state index contributed by atoms with van der Waals surface area (Å²) in [5.41, 5.74) is 0. The van der Waals surface area contributed by atoms with Crippen molar-refractivity contribution in [3.63, 3.8) is 0 Å². The maximum absolute atomic E-state index is 7.93. The van der Waals surface area contributed by atoms with Crippen LogP contribution in [0.1, 0.15) is 0 Å². The van der Waals surface area contributed by atoms with Gasteiger partial charge in [0.05, 0.1) is 6.07 Å². The van der Waals surface area contributed by atoms with Crippen molar-refractivity contribution in [2.45, 2.75) is 0 Å². The Kier molecular flexibility index (Phi) is 4.59. The summed E-state index contributed by atoms with van der Waals surface area (Å²) in [7, 11) is 1.84. The fourth-order valence-electron chi connectivity index (χ4n) is 0.229. The molecule has 0 heterocycles. The third-order valence-corrected chi connectivity index (χ3v) is 0.514. The van der Waals surface area contributed by atoms with Crippen LogP contribution in [0.3, 0.4) is 0 Å². The largest absolute Gasteiger partial charge is 0.316 e. The highest BCUT2D eigenvalue weighted by Crippen LogP contribution is 1.62. The number of hydrogen-bond donors (Lipinski definition) is 1. The Labute approximate surface area is 43.5 Å². The highest BCUT2D eigenvalue weighted by molar-refractivity contribution is 5.01. The average Bonchev–Trinajstić information content (AvgIpc) is 1.69. The average molecular weight is 96.1 g/mol. The second-order valence-electron chi connectivity index (χ2n) is 1.09. The van der Waals surface area contributed by atoms with Gasteiger partial charge in [-0.05, 0) is 7.05 Å². The van der Waals surface area contributed by atoms with Crippen LogP contribution >= 0.6 is 0 Å². The normalized spacial score (nSPS) is 9.14. The fraction of sp³-hybridized carbons (Fsp3) is 0.400. The monoisotopic (exact) mass is 96.1 g/mol. The minimum atomic E-state index is 0.771. The van der Waals surface area contributed by atoms with Crippen LogP contribution in [0.2, 0.25) is 0 Å². The van der Waals surface area contributed by atoms with Crippen LogP contribution < -0.4 is 5.32 Å². The smallest absolute Gasteiger partial charge is 0.0909 e. The molecule has 7 heavy (non-hydrogen) atoms. The van der Waals surface area contributed by atoms with E-state index in [9.17, 15) is 0 Å². The van der Waals surface area contributed by atoms with Gasteiger partial charge >= 0.3 is 0 Å². The minimum absolute atomic E-state index is 0.771. The van der Waals surface area contributed by atoms with E-state index in [2.05, 4.69) is 5.32 Å². The van der Waals surface area contributed by atoms with Gasteiger partial charge in [0.2, 0.25) is 0 Å². The lowest BCUT2D eigenvalue weighted by Gasteiger charge is -1.81. The number of hydrogen-bond acceptors (Lipinski definition) is 2. The summed E-state index contributed by atoms with van der Waals surface area (Å²) in [4.78, 5) is 0. The van der Waals surface area contributed by atoms with Crippen molar-refractivity contribution in [2.24, 2.45) is 0 Å². The lowest BCUT2D eigenvalue weighted by molar-refractivity contribution is 0.920. The molecular weight excluding hydrogens is 88.1 g/mol. The molecule has 2 nitrogen and oxygen atoms in total. The lowest BCUT2D eigenvalue weighted by atomic mass is 10.5. The van der Waals surface area contributed by atoms with E-state index < -0.39 is 0 Å². The summed E-state index contributed by atoms with van der Waals surface area (Å²) in [5, 5.41) is 10.8. The number of rotatable bonds is 2. The molecule has 0 saturated heterocycles. The second kappa shape index (κ2) is 5.19. The summed E-state index contributed by atoms with van der Waals surface area (Å²) in [6.07, 6.45) is 3.22. The number of nitrogens with one attached hydrogen (secondary N) is 1. The van der Waals surface area contributed by atoms with Crippen LogP contribution in [0.5, 0.6) is 0 Å². The van der Waals surface area contributed by atoms with Gasteiger partial charge in [-0.25, -0.2) is 0 Å². The van der Waals surface area contributed by atoms with Crippen molar-refractivity contribution in [3.8, 4) is 6.07 Å². The van der Waals surface area contributed by atoms with Crippen LogP contribution in [-0.4, -0.2) is 13.6 Å². The van der Waals surface area contributed by atoms with Crippen LogP contribution in [0.25, 0.3) is 0 Å². The van der Waals surface area contributed by atoms with Crippen molar-refractivity contribution in [3.05, 3.63) is 12.2 Å². The molecule has 0 aromatic rings.